The Kier molecular flexibility index (Phi) is 6.03. The molecular formula is C26H25Cl2N7O2. The standard InChI is InChI=1S/C26H25Cl2N7O2/c1-15-13-16(5-6-18(15)26(37)7-9-29-10-8-26)32-24-31-14-17-22(33-24)34-12-11-30-25(34)35(23(17)36)21-19(27)3-2-4-20(21)28/h2-6,13-14,29,37H,7-12H2,1H3,(H,31,32,33). The highest BCUT2D eigenvalue weighted by Crippen LogP contribution is 2.40. The summed E-state index contributed by atoms with van der Waals surface area (Å²) >= 11 is 12.9. The molecule has 3 aliphatic rings. The van der Waals surface area contributed by atoms with E-state index < -0.39 is 5.60 Å². The van der Waals surface area contributed by atoms with E-state index in [2.05, 4.69) is 25.6 Å². The second kappa shape index (κ2) is 9.25. The van der Waals surface area contributed by atoms with Crippen LogP contribution in [0.25, 0.3) is 0 Å². The number of carbonyl (C=O) groups is 1. The zero-order valence-corrected chi connectivity index (χ0v) is 21.6. The molecule has 11 heteroatoms. The maximum atomic E-state index is 13.6. The van der Waals surface area contributed by atoms with Crippen LogP contribution in [0.5, 0.6) is 0 Å². The van der Waals surface area contributed by atoms with Gasteiger partial charge in [0.15, 0.2) is 5.82 Å². The minimum absolute atomic E-state index is 0.335. The van der Waals surface area contributed by atoms with Gasteiger partial charge in [-0.2, -0.15) is 4.98 Å². The summed E-state index contributed by atoms with van der Waals surface area (Å²) in [6.07, 6.45) is 2.87. The molecule has 1 aromatic heterocycles. The Morgan fingerprint density at radius 2 is 1.89 bits per heavy atom. The van der Waals surface area contributed by atoms with Crippen LogP contribution in [0.15, 0.2) is 47.6 Å². The number of nitrogens with zero attached hydrogens (tertiary/aromatic N) is 5. The number of aliphatic hydroxyl groups is 1. The van der Waals surface area contributed by atoms with Gasteiger partial charge in [-0.15, -0.1) is 0 Å². The zero-order chi connectivity index (χ0) is 25.7. The molecule has 190 valence electrons. The van der Waals surface area contributed by atoms with E-state index in [-0.39, 0.29) is 5.91 Å². The van der Waals surface area contributed by atoms with Crippen molar-refractivity contribution in [2.24, 2.45) is 4.99 Å². The Morgan fingerprint density at radius 1 is 1.14 bits per heavy atom. The SMILES string of the molecule is Cc1cc(Nc2ncc3c(n2)N2CCN=C2N(c2c(Cl)cccc2Cl)C3=O)ccc1C1(O)CCNCC1. The van der Waals surface area contributed by atoms with Crippen molar-refractivity contribution in [1.29, 1.82) is 0 Å². The van der Waals surface area contributed by atoms with Gasteiger partial charge in [0.2, 0.25) is 11.9 Å². The smallest absolute Gasteiger partial charge is 0.270 e. The van der Waals surface area contributed by atoms with Gasteiger partial charge in [-0.05, 0) is 68.2 Å². The molecule has 9 nitrogen and oxygen atoms in total. The number of hydrogen-bond acceptors (Lipinski definition) is 8. The number of amides is 1. The molecule has 1 fully saturated rings. The summed E-state index contributed by atoms with van der Waals surface area (Å²) < 4.78 is 0. The van der Waals surface area contributed by atoms with E-state index in [1.807, 2.05) is 30.0 Å². The van der Waals surface area contributed by atoms with Gasteiger partial charge >= 0.3 is 0 Å². The van der Waals surface area contributed by atoms with Crippen LogP contribution in [0, 0.1) is 6.92 Å². The summed E-state index contributed by atoms with van der Waals surface area (Å²) in [5.41, 5.74) is 2.62. The monoisotopic (exact) mass is 537 g/mol. The van der Waals surface area contributed by atoms with Gasteiger partial charge in [0.25, 0.3) is 5.91 Å². The number of aryl methyl sites for hydroxylation is 1. The van der Waals surface area contributed by atoms with Crippen LogP contribution >= 0.6 is 23.2 Å². The maximum absolute atomic E-state index is 13.6. The van der Waals surface area contributed by atoms with Crippen molar-refractivity contribution in [3.63, 3.8) is 0 Å². The molecule has 0 spiro atoms. The molecule has 1 saturated heterocycles. The third-order valence-corrected chi connectivity index (χ3v) is 7.66. The van der Waals surface area contributed by atoms with Crippen molar-refractivity contribution < 1.29 is 9.90 Å². The first-order valence-electron chi connectivity index (χ1n) is 12.1. The van der Waals surface area contributed by atoms with Crippen LogP contribution < -0.4 is 20.4 Å². The van der Waals surface area contributed by atoms with Crippen molar-refractivity contribution >= 4 is 58.2 Å². The second-order valence-corrected chi connectivity index (χ2v) is 10.2. The number of aromatic nitrogens is 2. The van der Waals surface area contributed by atoms with Crippen LogP contribution in [0.1, 0.15) is 34.3 Å². The fraction of sp³-hybridized carbons (Fsp3) is 0.308. The Morgan fingerprint density at radius 3 is 2.62 bits per heavy atom. The summed E-state index contributed by atoms with van der Waals surface area (Å²) in [4.78, 5) is 30.5. The van der Waals surface area contributed by atoms with Gasteiger partial charge < -0.3 is 15.7 Å². The van der Waals surface area contributed by atoms with Crippen LogP contribution in [-0.2, 0) is 5.60 Å². The lowest BCUT2D eigenvalue weighted by molar-refractivity contribution is 0.00540. The summed E-state index contributed by atoms with van der Waals surface area (Å²) in [7, 11) is 0. The molecule has 0 unspecified atom stereocenters. The lowest BCUT2D eigenvalue weighted by Gasteiger charge is -2.35. The number of guanidine groups is 1. The molecule has 0 aliphatic carbocycles. The molecular weight excluding hydrogens is 513 g/mol. The van der Waals surface area contributed by atoms with Crippen molar-refractivity contribution in [2.75, 3.05) is 41.3 Å². The predicted octanol–water partition coefficient (Wildman–Crippen LogP) is 4.24. The number of anilines is 4. The summed E-state index contributed by atoms with van der Waals surface area (Å²) in [5, 5.41) is 18.4. The van der Waals surface area contributed by atoms with E-state index in [0.29, 0.717) is 65.0 Å². The van der Waals surface area contributed by atoms with Gasteiger partial charge in [0.05, 0.1) is 27.9 Å². The number of para-hydroxylation sites is 1. The Labute approximate surface area is 224 Å². The largest absolute Gasteiger partial charge is 0.385 e. The Hall–Kier alpha value is -3.24. The molecule has 0 atom stereocenters. The molecule has 3 aliphatic heterocycles. The molecule has 0 saturated carbocycles. The van der Waals surface area contributed by atoms with Crippen LogP contribution in [0.4, 0.5) is 23.1 Å². The van der Waals surface area contributed by atoms with Gasteiger partial charge in [-0.25, -0.2) is 9.88 Å². The maximum Gasteiger partial charge on any atom is 0.270 e. The van der Waals surface area contributed by atoms with Crippen molar-refractivity contribution in [1.82, 2.24) is 15.3 Å². The molecule has 3 N–H and O–H groups in total. The molecule has 4 heterocycles. The highest BCUT2D eigenvalue weighted by Gasteiger charge is 2.41. The van der Waals surface area contributed by atoms with E-state index >= 15 is 0 Å². The number of carbonyl (C=O) groups excluding carboxylic acids is 1. The Bertz CT molecular complexity index is 1420. The average molecular weight is 538 g/mol. The molecule has 37 heavy (non-hydrogen) atoms. The number of fused-ring (bicyclic) bond motifs is 3. The van der Waals surface area contributed by atoms with Gasteiger partial charge in [-0.3, -0.25) is 14.7 Å². The molecule has 6 rings (SSSR count). The van der Waals surface area contributed by atoms with E-state index in [9.17, 15) is 9.90 Å². The van der Waals surface area contributed by atoms with E-state index in [4.69, 9.17) is 23.2 Å². The fourth-order valence-corrected chi connectivity index (χ4v) is 5.80. The highest BCUT2D eigenvalue weighted by atomic mass is 35.5. The normalized spacial score (nSPS) is 18.4. The molecule has 3 aromatic rings. The fourth-order valence-electron chi connectivity index (χ4n) is 5.23. The molecule has 2 aromatic carbocycles. The second-order valence-electron chi connectivity index (χ2n) is 9.41. The molecule has 1 amide bonds. The number of aliphatic imine (C=N–C) groups is 1. The third-order valence-electron chi connectivity index (χ3n) is 7.05. The molecule has 0 bridgehead atoms. The Balaban J connectivity index is 1.31. The lowest BCUT2D eigenvalue weighted by Crippen LogP contribution is -2.51. The summed E-state index contributed by atoms with van der Waals surface area (Å²) in [6.45, 7) is 4.64. The number of piperidine rings is 1. The minimum Gasteiger partial charge on any atom is -0.385 e. The van der Waals surface area contributed by atoms with Crippen LogP contribution in [0.3, 0.4) is 0 Å². The number of benzene rings is 2. The molecule has 0 radical (unpaired) electrons. The van der Waals surface area contributed by atoms with E-state index in [1.54, 1.807) is 18.2 Å². The predicted molar refractivity (Wildman–Crippen MR) is 145 cm³/mol. The van der Waals surface area contributed by atoms with Crippen LogP contribution in [-0.4, -0.2) is 53.1 Å². The van der Waals surface area contributed by atoms with Crippen molar-refractivity contribution in [3.8, 4) is 0 Å². The topological polar surface area (TPSA) is 106 Å². The van der Waals surface area contributed by atoms with Gasteiger partial charge in [0.1, 0.15) is 5.56 Å². The number of halogens is 2. The van der Waals surface area contributed by atoms with E-state index in [0.717, 1.165) is 29.9 Å². The summed E-state index contributed by atoms with van der Waals surface area (Å²) in [5.74, 6) is 0.932. The average Bonchev–Trinajstić information content (AvgIpc) is 3.36. The first kappa shape index (κ1) is 24.1. The number of hydrogen-bond donors (Lipinski definition) is 3. The zero-order valence-electron chi connectivity index (χ0n) is 20.1. The lowest BCUT2D eigenvalue weighted by atomic mass is 9.82. The third kappa shape index (κ3) is 4.12. The van der Waals surface area contributed by atoms with Gasteiger partial charge in [-0.1, -0.05) is 35.3 Å². The van der Waals surface area contributed by atoms with E-state index in [1.165, 1.54) is 11.1 Å². The minimum atomic E-state index is -0.821. The number of nitrogens with one attached hydrogen (secondary N) is 2. The first-order chi connectivity index (χ1) is 17.9. The highest BCUT2D eigenvalue weighted by molar-refractivity contribution is 6.43. The first-order valence-corrected chi connectivity index (χ1v) is 12.9. The van der Waals surface area contributed by atoms with Crippen LogP contribution in [0.2, 0.25) is 10.0 Å². The van der Waals surface area contributed by atoms with Gasteiger partial charge in [0, 0.05) is 18.4 Å². The number of rotatable bonds is 4. The summed E-state index contributed by atoms with van der Waals surface area (Å²) in [6, 6.07) is 11.0. The quantitative estimate of drug-likeness (QED) is 0.456. The van der Waals surface area contributed by atoms with Crippen molar-refractivity contribution in [3.05, 3.63) is 69.3 Å². The van der Waals surface area contributed by atoms with Crippen molar-refractivity contribution in [2.45, 2.75) is 25.4 Å².